The Hall–Kier alpha value is -1.99. The topological polar surface area (TPSA) is 41.7 Å². The summed E-state index contributed by atoms with van der Waals surface area (Å²) >= 11 is 1.79. The zero-order valence-corrected chi connectivity index (χ0v) is 17.2. The Morgan fingerprint density at radius 1 is 1.11 bits per heavy atom. The molecule has 0 saturated carbocycles. The molecule has 3 heterocycles. The smallest absolute Gasteiger partial charge is 0.123 e. The van der Waals surface area contributed by atoms with Crippen molar-refractivity contribution in [1.29, 1.82) is 0 Å². The Morgan fingerprint density at radius 3 is 2.75 bits per heavy atom. The molecule has 148 valence electrons. The summed E-state index contributed by atoms with van der Waals surface area (Å²) in [5.74, 6) is 1.01. The van der Waals surface area contributed by atoms with E-state index in [1.807, 2.05) is 18.3 Å². The van der Waals surface area contributed by atoms with Crippen LogP contribution in [0.5, 0.6) is 0 Å². The molecular formula is C22H27N3O2S. The molecule has 0 N–H and O–H groups in total. The van der Waals surface area contributed by atoms with E-state index in [2.05, 4.69) is 46.0 Å². The molecule has 0 unspecified atom stereocenters. The van der Waals surface area contributed by atoms with E-state index in [1.165, 1.54) is 16.0 Å². The molecule has 1 fully saturated rings. The highest BCUT2D eigenvalue weighted by Crippen LogP contribution is 2.28. The Morgan fingerprint density at radius 2 is 1.96 bits per heavy atom. The summed E-state index contributed by atoms with van der Waals surface area (Å²) in [4.78, 5) is 10.9. The Kier molecular flexibility index (Phi) is 6.54. The molecule has 0 radical (unpaired) electrons. The molecule has 28 heavy (non-hydrogen) atoms. The van der Waals surface area contributed by atoms with Crippen molar-refractivity contribution in [2.75, 3.05) is 39.4 Å². The minimum atomic E-state index is 0.814. The number of aromatic nitrogens is 1. The maximum atomic E-state index is 5.60. The molecule has 1 saturated heterocycles. The molecule has 0 bridgehead atoms. The normalized spacial score (nSPS) is 15.4. The van der Waals surface area contributed by atoms with E-state index in [1.54, 1.807) is 17.6 Å². The van der Waals surface area contributed by atoms with E-state index >= 15 is 0 Å². The summed E-state index contributed by atoms with van der Waals surface area (Å²) < 4.78 is 11.1. The van der Waals surface area contributed by atoms with Crippen molar-refractivity contribution in [1.82, 2.24) is 14.8 Å². The lowest BCUT2D eigenvalue weighted by Gasteiger charge is -2.29. The van der Waals surface area contributed by atoms with E-state index in [0.29, 0.717) is 0 Å². The highest BCUT2D eigenvalue weighted by Gasteiger charge is 2.16. The van der Waals surface area contributed by atoms with Gasteiger partial charge in [0.05, 0.1) is 26.0 Å². The molecule has 0 spiro atoms. The van der Waals surface area contributed by atoms with Gasteiger partial charge in [0.1, 0.15) is 10.8 Å². The molecular weight excluding hydrogens is 370 g/mol. The van der Waals surface area contributed by atoms with Gasteiger partial charge in [-0.2, -0.15) is 0 Å². The minimum absolute atomic E-state index is 0.814. The monoisotopic (exact) mass is 397 g/mol. The lowest BCUT2D eigenvalue weighted by Crippen LogP contribution is -2.41. The average Bonchev–Trinajstić information content (AvgIpc) is 3.40. The Bertz CT molecular complexity index is 856. The predicted octanol–water partition coefficient (Wildman–Crippen LogP) is 4.05. The van der Waals surface area contributed by atoms with Crippen molar-refractivity contribution in [3.05, 3.63) is 65.1 Å². The number of nitrogens with zero attached hydrogens (tertiary/aromatic N) is 3. The van der Waals surface area contributed by atoms with Crippen molar-refractivity contribution < 1.29 is 9.15 Å². The van der Waals surface area contributed by atoms with Crippen LogP contribution in [-0.2, 0) is 17.8 Å². The van der Waals surface area contributed by atoms with E-state index in [4.69, 9.17) is 9.15 Å². The lowest BCUT2D eigenvalue weighted by atomic mass is 10.1. The SMILES string of the molecule is Cc1ccccc1-c1ncc(CN(CCN2CCOCC2)Cc2ccco2)s1. The number of rotatable bonds is 8. The van der Waals surface area contributed by atoms with Crippen LogP contribution in [0, 0.1) is 6.92 Å². The van der Waals surface area contributed by atoms with E-state index in [0.717, 1.165) is 63.3 Å². The van der Waals surface area contributed by atoms with Gasteiger partial charge >= 0.3 is 0 Å². The third-order valence-electron chi connectivity index (χ3n) is 5.10. The zero-order chi connectivity index (χ0) is 19.2. The second-order valence-corrected chi connectivity index (χ2v) is 8.31. The van der Waals surface area contributed by atoms with Gasteiger partial charge in [0.2, 0.25) is 0 Å². The first-order chi connectivity index (χ1) is 13.8. The summed E-state index contributed by atoms with van der Waals surface area (Å²) in [7, 11) is 0. The fourth-order valence-electron chi connectivity index (χ4n) is 3.48. The maximum absolute atomic E-state index is 5.60. The minimum Gasteiger partial charge on any atom is -0.468 e. The Balaban J connectivity index is 1.43. The molecule has 1 aliphatic rings. The third-order valence-corrected chi connectivity index (χ3v) is 6.12. The van der Waals surface area contributed by atoms with Crippen LogP contribution < -0.4 is 0 Å². The van der Waals surface area contributed by atoms with E-state index in [9.17, 15) is 0 Å². The lowest BCUT2D eigenvalue weighted by molar-refractivity contribution is 0.0322. The van der Waals surface area contributed by atoms with Gasteiger partial charge in [-0.3, -0.25) is 9.80 Å². The number of aryl methyl sites for hydroxylation is 1. The molecule has 3 aromatic rings. The summed E-state index contributed by atoms with van der Waals surface area (Å²) in [5.41, 5.74) is 2.49. The number of morpholine rings is 1. The number of benzene rings is 1. The summed E-state index contributed by atoms with van der Waals surface area (Å²) in [5, 5.41) is 1.10. The van der Waals surface area contributed by atoms with Gasteiger partial charge in [-0.25, -0.2) is 4.98 Å². The van der Waals surface area contributed by atoms with Gasteiger partial charge in [-0.05, 0) is 24.6 Å². The quantitative estimate of drug-likeness (QED) is 0.574. The summed E-state index contributed by atoms with van der Waals surface area (Å²) in [6, 6.07) is 12.4. The molecule has 5 nitrogen and oxygen atoms in total. The van der Waals surface area contributed by atoms with Crippen LogP contribution in [0.2, 0.25) is 0 Å². The first kappa shape index (κ1) is 19.3. The van der Waals surface area contributed by atoms with Crippen LogP contribution in [0.4, 0.5) is 0 Å². The van der Waals surface area contributed by atoms with Crippen molar-refractivity contribution >= 4 is 11.3 Å². The van der Waals surface area contributed by atoms with Crippen LogP contribution in [0.3, 0.4) is 0 Å². The van der Waals surface area contributed by atoms with Gasteiger partial charge < -0.3 is 9.15 Å². The molecule has 1 aromatic carbocycles. The molecule has 4 rings (SSSR count). The van der Waals surface area contributed by atoms with Crippen LogP contribution in [-0.4, -0.2) is 54.2 Å². The molecule has 0 amide bonds. The highest BCUT2D eigenvalue weighted by atomic mass is 32.1. The van der Waals surface area contributed by atoms with Crippen molar-refractivity contribution in [2.24, 2.45) is 0 Å². The van der Waals surface area contributed by atoms with Gasteiger partial charge in [0.15, 0.2) is 0 Å². The molecule has 2 aromatic heterocycles. The van der Waals surface area contributed by atoms with Gasteiger partial charge in [-0.1, -0.05) is 24.3 Å². The van der Waals surface area contributed by atoms with Crippen molar-refractivity contribution in [3.8, 4) is 10.6 Å². The average molecular weight is 398 g/mol. The Labute approximate surface area is 170 Å². The van der Waals surface area contributed by atoms with E-state index < -0.39 is 0 Å². The number of furan rings is 1. The number of thiazole rings is 1. The number of hydrogen-bond donors (Lipinski definition) is 0. The fourth-order valence-corrected chi connectivity index (χ4v) is 4.53. The van der Waals surface area contributed by atoms with Crippen LogP contribution in [0.1, 0.15) is 16.2 Å². The fraction of sp³-hybridized carbons (Fsp3) is 0.409. The molecule has 0 aliphatic carbocycles. The van der Waals surface area contributed by atoms with Gasteiger partial charge in [0.25, 0.3) is 0 Å². The largest absolute Gasteiger partial charge is 0.468 e. The first-order valence-electron chi connectivity index (χ1n) is 9.83. The van der Waals surface area contributed by atoms with Crippen molar-refractivity contribution in [3.63, 3.8) is 0 Å². The van der Waals surface area contributed by atoms with Gasteiger partial charge in [-0.15, -0.1) is 11.3 Å². The number of ether oxygens (including phenoxy) is 1. The second-order valence-electron chi connectivity index (χ2n) is 7.19. The maximum Gasteiger partial charge on any atom is 0.123 e. The molecule has 1 aliphatic heterocycles. The second kappa shape index (κ2) is 9.47. The summed E-state index contributed by atoms with van der Waals surface area (Å²) in [6.45, 7) is 9.61. The van der Waals surface area contributed by atoms with Crippen LogP contribution >= 0.6 is 11.3 Å². The third kappa shape index (κ3) is 5.08. The summed E-state index contributed by atoms with van der Waals surface area (Å²) in [6.07, 6.45) is 3.77. The predicted molar refractivity (Wildman–Crippen MR) is 112 cm³/mol. The van der Waals surface area contributed by atoms with Gasteiger partial charge in [0, 0.05) is 49.4 Å². The molecule has 0 atom stereocenters. The molecule has 6 heteroatoms. The standard InChI is InChI=1S/C22H27N3O2S/c1-18-5-2-3-7-21(18)22-23-15-20(28-22)17-25(16-19-6-4-12-27-19)9-8-24-10-13-26-14-11-24/h2-7,12,15H,8-11,13-14,16-17H2,1H3. The zero-order valence-electron chi connectivity index (χ0n) is 16.3. The van der Waals surface area contributed by atoms with E-state index in [-0.39, 0.29) is 0 Å². The number of hydrogen-bond acceptors (Lipinski definition) is 6. The van der Waals surface area contributed by atoms with Crippen LogP contribution in [0.25, 0.3) is 10.6 Å². The first-order valence-corrected chi connectivity index (χ1v) is 10.6. The van der Waals surface area contributed by atoms with Crippen LogP contribution in [0.15, 0.2) is 53.3 Å². The van der Waals surface area contributed by atoms with Crippen molar-refractivity contribution in [2.45, 2.75) is 20.0 Å². The highest BCUT2D eigenvalue weighted by molar-refractivity contribution is 7.15.